The Kier molecular flexibility index (Phi) is 6.03. The van der Waals surface area contributed by atoms with Gasteiger partial charge in [-0.25, -0.2) is 4.98 Å². The number of carbonyl (C=O) groups excluding carboxylic acids is 1. The molecule has 2 heterocycles. The third-order valence-corrected chi connectivity index (χ3v) is 4.66. The van der Waals surface area contributed by atoms with E-state index in [0.717, 1.165) is 18.4 Å². The molecule has 2 aromatic heterocycles. The topological polar surface area (TPSA) is 114 Å². The molecule has 0 fully saturated rings. The quantitative estimate of drug-likeness (QED) is 0.701. The highest BCUT2D eigenvalue weighted by Crippen LogP contribution is 2.15. The molecule has 134 valence electrons. The first kappa shape index (κ1) is 18.8. The summed E-state index contributed by atoms with van der Waals surface area (Å²) in [4.78, 5) is 36.0. The van der Waals surface area contributed by atoms with Gasteiger partial charge < -0.3 is 16.0 Å². The van der Waals surface area contributed by atoms with Crippen LogP contribution in [0.1, 0.15) is 37.9 Å². The van der Waals surface area contributed by atoms with Crippen molar-refractivity contribution in [1.82, 2.24) is 20.3 Å². The van der Waals surface area contributed by atoms with Crippen molar-refractivity contribution < 1.29 is 4.79 Å². The average Bonchev–Trinajstić information content (AvgIpc) is 2.63. The Labute approximate surface area is 147 Å². The highest BCUT2D eigenvalue weighted by molar-refractivity contribution is 5.79. The van der Waals surface area contributed by atoms with Gasteiger partial charge in [-0.3, -0.25) is 14.6 Å². The molecule has 2 aromatic rings. The molecule has 0 spiro atoms. The van der Waals surface area contributed by atoms with Gasteiger partial charge in [-0.05, 0) is 31.9 Å². The second kappa shape index (κ2) is 8.02. The van der Waals surface area contributed by atoms with Gasteiger partial charge in [0.1, 0.15) is 5.82 Å². The van der Waals surface area contributed by atoms with Crippen LogP contribution < -0.4 is 16.6 Å². The van der Waals surface area contributed by atoms with Gasteiger partial charge in [0.05, 0.1) is 12.0 Å². The predicted octanol–water partition coefficient (Wildman–Crippen LogP) is 1.32. The van der Waals surface area contributed by atoms with E-state index in [4.69, 9.17) is 5.73 Å². The van der Waals surface area contributed by atoms with Crippen LogP contribution in [0.15, 0.2) is 29.3 Å². The maximum absolute atomic E-state index is 12.4. The summed E-state index contributed by atoms with van der Waals surface area (Å²) in [6, 6.07) is 3.53. The number of pyridine rings is 1. The van der Waals surface area contributed by atoms with E-state index in [1.54, 1.807) is 31.5 Å². The van der Waals surface area contributed by atoms with Crippen LogP contribution in [0.5, 0.6) is 0 Å². The van der Waals surface area contributed by atoms with Crippen molar-refractivity contribution in [2.75, 3.05) is 6.54 Å². The number of H-pyrrole nitrogens is 1. The number of aromatic amines is 1. The maximum atomic E-state index is 12.4. The van der Waals surface area contributed by atoms with E-state index in [9.17, 15) is 9.59 Å². The summed E-state index contributed by atoms with van der Waals surface area (Å²) in [5.74, 6) is 0.244. The Morgan fingerprint density at radius 2 is 1.92 bits per heavy atom. The number of nitrogens with zero attached hydrogens (tertiary/aromatic N) is 2. The van der Waals surface area contributed by atoms with Gasteiger partial charge in [-0.1, -0.05) is 13.8 Å². The molecule has 0 saturated heterocycles. The lowest BCUT2D eigenvalue weighted by Gasteiger charge is -2.31. The third-order valence-electron chi connectivity index (χ3n) is 4.66. The molecule has 2 rings (SSSR count). The Morgan fingerprint density at radius 3 is 2.44 bits per heavy atom. The molecule has 0 aromatic carbocycles. The largest absolute Gasteiger partial charge is 0.349 e. The van der Waals surface area contributed by atoms with Crippen molar-refractivity contribution in [2.24, 2.45) is 5.73 Å². The van der Waals surface area contributed by atoms with Crippen LogP contribution >= 0.6 is 0 Å². The van der Waals surface area contributed by atoms with E-state index >= 15 is 0 Å². The molecule has 0 saturated carbocycles. The monoisotopic (exact) mass is 343 g/mol. The molecule has 1 amide bonds. The molecule has 7 heteroatoms. The van der Waals surface area contributed by atoms with Gasteiger partial charge in [-0.2, -0.15) is 0 Å². The molecule has 0 atom stereocenters. The molecule has 0 bridgehead atoms. The lowest BCUT2D eigenvalue weighted by Crippen LogP contribution is -2.53. The van der Waals surface area contributed by atoms with Crippen molar-refractivity contribution in [3.63, 3.8) is 0 Å². The summed E-state index contributed by atoms with van der Waals surface area (Å²) in [6.45, 7) is 6.07. The van der Waals surface area contributed by atoms with Gasteiger partial charge in [0.2, 0.25) is 5.91 Å². The Bertz CT molecular complexity index is 774. The number of aromatic nitrogens is 3. The third kappa shape index (κ3) is 4.30. The Balaban J connectivity index is 2.23. The van der Waals surface area contributed by atoms with Gasteiger partial charge >= 0.3 is 0 Å². The fraction of sp³-hybridized carbons (Fsp3) is 0.444. The number of hydrogen-bond acceptors (Lipinski definition) is 5. The number of nitrogens with two attached hydrogens (primary N) is 1. The number of aryl methyl sites for hydroxylation is 1. The van der Waals surface area contributed by atoms with Crippen LogP contribution in [0.3, 0.4) is 0 Å². The van der Waals surface area contributed by atoms with Gasteiger partial charge in [0.15, 0.2) is 0 Å². The van der Waals surface area contributed by atoms with Crippen LogP contribution in [-0.2, 0) is 11.2 Å². The zero-order valence-electron chi connectivity index (χ0n) is 14.9. The number of amides is 1. The minimum Gasteiger partial charge on any atom is -0.349 e. The molecule has 25 heavy (non-hydrogen) atoms. The highest BCUT2D eigenvalue weighted by Gasteiger charge is 2.27. The smallest absolute Gasteiger partial charge is 0.255 e. The molecule has 0 aliphatic heterocycles. The highest BCUT2D eigenvalue weighted by atomic mass is 16.2. The SMILES string of the molecule is CCC(CC)(CN)NC(=O)Cc1c(C)nc(-c2ccncc2)[nH]c1=O. The minimum absolute atomic E-state index is 0.0213. The second-order valence-electron chi connectivity index (χ2n) is 6.13. The van der Waals surface area contributed by atoms with E-state index < -0.39 is 5.54 Å². The maximum Gasteiger partial charge on any atom is 0.255 e. The van der Waals surface area contributed by atoms with E-state index in [-0.39, 0.29) is 17.9 Å². The summed E-state index contributed by atoms with van der Waals surface area (Å²) in [6.07, 6.45) is 4.72. The van der Waals surface area contributed by atoms with Gasteiger partial charge in [-0.15, -0.1) is 0 Å². The first-order chi connectivity index (χ1) is 11.9. The van der Waals surface area contributed by atoms with E-state index in [0.29, 0.717) is 23.6 Å². The normalized spacial score (nSPS) is 11.4. The fourth-order valence-electron chi connectivity index (χ4n) is 2.73. The predicted molar refractivity (Wildman–Crippen MR) is 97.0 cm³/mol. The number of rotatable bonds is 7. The van der Waals surface area contributed by atoms with Crippen molar-refractivity contribution in [3.05, 3.63) is 46.1 Å². The van der Waals surface area contributed by atoms with Crippen LogP contribution in [0, 0.1) is 6.92 Å². The molecule has 7 nitrogen and oxygen atoms in total. The first-order valence-corrected chi connectivity index (χ1v) is 8.46. The number of carbonyl (C=O) groups is 1. The molecular weight excluding hydrogens is 318 g/mol. The summed E-state index contributed by atoms with van der Waals surface area (Å²) < 4.78 is 0. The standard InChI is InChI=1S/C18H25N5O2/c1-4-18(5-2,11-19)23-15(24)10-14-12(3)21-16(22-17(14)25)13-6-8-20-9-7-13/h6-9H,4-5,10-11,19H2,1-3H3,(H,23,24)(H,21,22,25). The molecule has 0 aliphatic rings. The van der Waals surface area contributed by atoms with Gasteiger partial charge in [0.25, 0.3) is 5.56 Å². The zero-order chi connectivity index (χ0) is 18.4. The molecular formula is C18H25N5O2. The summed E-state index contributed by atoms with van der Waals surface area (Å²) in [5.41, 5.74) is 6.76. The van der Waals surface area contributed by atoms with Crippen molar-refractivity contribution in [2.45, 2.75) is 45.6 Å². The lowest BCUT2D eigenvalue weighted by molar-refractivity contribution is -0.122. The van der Waals surface area contributed by atoms with Gasteiger partial charge in [0, 0.05) is 35.8 Å². The average molecular weight is 343 g/mol. The zero-order valence-corrected chi connectivity index (χ0v) is 14.9. The minimum atomic E-state index is -0.428. The molecule has 0 aliphatic carbocycles. The van der Waals surface area contributed by atoms with Crippen LogP contribution in [0.4, 0.5) is 0 Å². The Morgan fingerprint density at radius 1 is 1.28 bits per heavy atom. The van der Waals surface area contributed by atoms with Crippen LogP contribution in [0.2, 0.25) is 0 Å². The summed E-state index contributed by atoms with van der Waals surface area (Å²) in [5, 5.41) is 2.98. The molecule has 0 unspecified atom stereocenters. The number of hydrogen-bond donors (Lipinski definition) is 3. The molecule has 4 N–H and O–H groups in total. The van der Waals surface area contributed by atoms with E-state index in [1.165, 1.54) is 0 Å². The lowest BCUT2D eigenvalue weighted by atomic mass is 9.92. The van der Waals surface area contributed by atoms with E-state index in [1.807, 2.05) is 13.8 Å². The fourth-order valence-corrected chi connectivity index (χ4v) is 2.73. The second-order valence-corrected chi connectivity index (χ2v) is 6.13. The van der Waals surface area contributed by atoms with E-state index in [2.05, 4.69) is 20.3 Å². The van der Waals surface area contributed by atoms with Crippen molar-refractivity contribution in [1.29, 1.82) is 0 Å². The molecule has 0 radical (unpaired) electrons. The van der Waals surface area contributed by atoms with Crippen LogP contribution in [-0.4, -0.2) is 32.9 Å². The van der Waals surface area contributed by atoms with Crippen molar-refractivity contribution in [3.8, 4) is 11.4 Å². The Hall–Kier alpha value is -2.54. The summed E-state index contributed by atoms with van der Waals surface area (Å²) >= 11 is 0. The summed E-state index contributed by atoms with van der Waals surface area (Å²) in [7, 11) is 0. The van der Waals surface area contributed by atoms with Crippen LogP contribution in [0.25, 0.3) is 11.4 Å². The van der Waals surface area contributed by atoms with Crippen molar-refractivity contribution >= 4 is 5.91 Å². The first-order valence-electron chi connectivity index (χ1n) is 8.46. The number of nitrogens with one attached hydrogen (secondary N) is 2.